The highest BCUT2D eigenvalue weighted by Gasteiger charge is 2.14. The molecule has 6 nitrogen and oxygen atoms in total. The van der Waals surface area contributed by atoms with Crippen molar-refractivity contribution in [2.45, 2.75) is 13.5 Å². The monoisotopic (exact) mass is 307 g/mol. The molecule has 0 fully saturated rings. The van der Waals surface area contributed by atoms with Crippen LogP contribution in [0.3, 0.4) is 0 Å². The summed E-state index contributed by atoms with van der Waals surface area (Å²) in [5.41, 5.74) is 2.82. The lowest BCUT2D eigenvalue weighted by molar-refractivity contribution is -0.119. The first-order valence-electron chi connectivity index (χ1n) is 7.30. The highest BCUT2D eigenvalue weighted by Crippen LogP contribution is 2.15. The van der Waals surface area contributed by atoms with Crippen LogP contribution in [0.4, 0.5) is 5.69 Å². The Morgan fingerprint density at radius 2 is 1.91 bits per heavy atom. The minimum absolute atomic E-state index is 0.0459. The molecule has 0 N–H and O–H groups in total. The molecule has 0 unspecified atom stereocenters. The molecule has 0 radical (unpaired) electrons. The fourth-order valence-electron chi connectivity index (χ4n) is 2.22. The number of tetrazole rings is 1. The number of nitrogens with zero attached hydrogens (tertiary/aromatic N) is 5. The van der Waals surface area contributed by atoms with Crippen LogP contribution in [-0.2, 0) is 11.3 Å². The maximum atomic E-state index is 12.4. The predicted octanol–water partition coefficient (Wildman–Crippen LogP) is 2.31. The SMILES string of the molecule is Cc1cccc(N(C)C(=O)Cn2nnc(-c3ccccc3)n2)c1. The molecule has 0 saturated carbocycles. The molecule has 23 heavy (non-hydrogen) atoms. The van der Waals surface area contributed by atoms with Crippen LogP contribution in [0.2, 0.25) is 0 Å². The van der Waals surface area contributed by atoms with E-state index < -0.39 is 0 Å². The lowest BCUT2D eigenvalue weighted by Crippen LogP contribution is -2.30. The minimum Gasteiger partial charge on any atom is -0.314 e. The number of hydrogen-bond donors (Lipinski definition) is 0. The molecule has 0 aliphatic heterocycles. The second kappa shape index (κ2) is 6.39. The molecule has 0 atom stereocenters. The Morgan fingerprint density at radius 1 is 1.13 bits per heavy atom. The molecule has 0 aliphatic rings. The number of likely N-dealkylation sites (N-methyl/N-ethyl adjacent to an activating group) is 1. The van der Waals surface area contributed by atoms with E-state index in [4.69, 9.17) is 0 Å². The summed E-state index contributed by atoms with van der Waals surface area (Å²) in [6, 6.07) is 17.3. The molecule has 0 saturated heterocycles. The normalized spacial score (nSPS) is 10.5. The molecule has 0 bridgehead atoms. The van der Waals surface area contributed by atoms with Crippen molar-refractivity contribution in [1.29, 1.82) is 0 Å². The maximum absolute atomic E-state index is 12.4. The van der Waals surface area contributed by atoms with Gasteiger partial charge in [-0.2, -0.15) is 4.80 Å². The molecule has 1 heterocycles. The largest absolute Gasteiger partial charge is 0.314 e. The van der Waals surface area contributed by atoms with Gasteiger partial charge < -0.3 is 4.90 Å². The summed E-state index contributed by atoms with van der Waals surface area (Å²) in [5.74, 6) is 0.407. The zero-order chi connectivity index (χ0) is 16.2. The summed E-state index contributed by atoms with van der Waals surface area (Å²) in [6.07, 6.45) is 0. The number of aromatic nitrogens is 4. The van der Waals surface area contributed by atoms with Gasteiger partial charge in [0.1, 0.15) is 6.54 Å². The average Bonchev–Trinajstić information content (AvgIpc) is 3.03. The van der Waals surface area contributed by atoms with Crippen molar-refractivity contribution in [2.24, 2.45) is 0 Å². The van der Waals surface area contributed by atoms with Gasteiger partial charge in [0.2, 0.25) is 11.7 Å². The Labute approximate surface area is 134 Å². The fraction of sp³-hybridized carbons (Fsp3) is 0.176. The van der Waals surface area contributed by atoms with E-state index in [1.54, 1.807) is 11.9 Å². The van der Waals surface area contributed by atoms with Crippen LogP contribution >= 0.6 is 0 Å². The van der Waals surface area contributed by atoms with Gasteiger partial charge in [0.05, 0.1) is 0 Å². The van der Waals surface area contributed by atoms with E-state index in [0.717, 1.165) is 16.8 Å². The van der Waals surface area contributed by atoms with E-state index in [1.807, 2.05) is 61.5 Å². The van der Waals surface area contributed by atoms with Crippen LogP contribution in [-0.4, -0.2) is 33.2 Å². The first-order valence-corrected chi connectivity index (χ1v) is 7.30. The van der Waals surface area contributed by atoms with Gasteiger partial charge in [-0.15, -0.1) is 10.2 Å². The smallest absolute Gasteiger partial charge is 0.250 e. The van der Waals surface area contributed by atoms with E-state index in [1.165, 1.54) is 4.80 Å². The fourth-order valence-corrected chi connectivity index (χ4v) is 2.22. The molecule has 0 aliphatic carbocycles. The summed E-state index contributed by atoms with van der Waals surface area (Å²) in [5, 5.41) is 12.2. The highest BCUT2D eigenvalue weighted by atomic mass is 16.2. The van der Waals surface area contributed by atoms with Crippen molar-refractivity contribution in [2.75, 3.05) is 11.9 Å². The number of hydrogen-bond acceptors (Lipinski definition) is 4. The lowest BCUT2D eigenvalue weighted by Gasteiger charge is -2.17. The third-order valence-corrected chi connectivity index (χ3v) is 3.52. The van der Waals surface area contributed by atoms with Gasteiger partial charge in [-0.25, -0.2) is 0 Å². The highest BCUT2D eigenvalue weighted by molar-refractivity contribution is 5.92. The Balaban J connectivity index is 1.72. The zero-order valence-electron chi connectivity index (χ0n) is 13.0. The van der Waals surface area contributed by atoms with Gasteiger partial charge >= 0.3 is 0 Å². The summed E-state index contributed by atoms with van der Waals surface area (Å²) in [4.78, 5) is 15.3. The molecule has 0 spiro atoms. The van der Waals surface area contributed by atoms with E-state index >= 15 is 0 Å². The second-order valence-electron chi connectivity index (χ2n) is 5.30. The Kier molecular flexibility index (Phi) is 4.14. The summed E-state index contributed by atoms with van der Waals surface area (Å²) in [7, 11) is 1.74. The van der Waals surface area contributed by atoms with Crippen molar-refractivity contribution in [3.05, 3.63) is 60.2 Å². The molecule has 1 aromatic heterocycles. The summed E-state index contributed by atoms with van der Waals surface area (Å²) < 4.78 is 0. The van der Waals surface area contributed by atoms with Crippen LogP contribution in [0, 0.1) is 6.92 Å². The molecule has 1 amide bonds. The zero-order valence-corrected chi connectivity index (χ0v) is 13.0. The number of aryl methyl sites for hydroxylation is 1. The van der Waals surface area contributed by atoms with E-state index in [2.05, 4.69) is 15.4 Å². The number of amides is 1. The van der Waals surface area contributed by atoms with Crippen LogP contribution in [0.5, 0.6) is 0 Å². The Morgan fingerprint density at radius 3 is 2.65 bits per heavy atom. The van der Waals surface area contributed by atoms with Crippen LogP contribution in [0.15, 0.2) is 54.6 Å². The van der Waals surface area contributed by atoms with Gasteiger partial charge in [-0.1, -0.05) is 42.5 Å². The third kappa shape index (κ3) is 3.42. The topological polar surface area (TPSA) is 63.9 Å². The van der Waals surface area contributed by atoms with Crippen molar-refractivity contribution in [1.82, 2.24) is 20.2 Å². The predicted molar refractivity (Wildman–Crippen MR) is 87.8 cm³/mol. The van der Waals surface area contributed by atoms with E-state index in [-0.39, 0.29) is 12.5 Å². The number of anilines is 1. The van der Waals surface area contributed by atoms with Gasteiger partial charge in [0.15, 0.2) is 0 Å². The van der Waals surface area contributed by atoms with Crippen molar-refractivity contribution >= 4 is 11.6 Å². The maximum Gasteiger partial charge on any atom is 0.250 e. The number of rotatable bonds is 4. The first-order chi connectivity index (χ1) is 11.1. The quantitative estimate of drug-likeness (QED) is 0.742. The summed E-state index contributed by atoms with van der Waals surface area (Å²) >= 11 is 0. The molecular weight excluding hydrogens is 290 g/mol. The molecule has 6 heteroatoms. The second-order valence-corrected chi connectivity index (χ2v) is 5.30. The minimum atomic E-state index is -0.104. The lowest BCUT2D eigenvalue weighted by atomic mass is 10.2. The molecular formula is C17H17N5O. The Hall–Kier alpha value is -3.02. The van der Waals surface area contributed by atoms with Gasteiger partial charge in [-0.05, 0) is 29.8 Å². The van der Waals surface area contributed by atoms with Gasteiger partial charge in [0.25, 0.3) is 0 Å². The Bertz CT molecular complexity index is 813. The van der Waals surface area contributed by atoms with Crippen molar-refractivity contribution in [3.8, 4) is 11.4 Å². The van der Waals surface area contributed by atoms with Crippen molar-refractivity contribution in [3.63, 3.8) is 0 Å². The molecule has 116 valence electrons. The van der Waals surface area contributed by atoms with Crippen LogP contribution < -0.4 is 4.90 Å². The molecule has 2 aromatic carbocycles. The van der Waals surface area contributed by atoms with E-state index in [9.17, 15) is 4.79 Å². The van der Waals surface area contributed by atoms with Gasteiger partial charge in [-0.3, -0.25) is 4.79 Å². The third-order valence-electron chi connectivity index (χ3n) is 3.52. The molecule has 3 aromatic rings. The van der Waals surface area contributed by atoms with Crippen molar-refractivity contribution < 1.29 is 4.79 Å². The van der Waals surface area contributed by atoms with Gasteiger partial charge in [0, 0.05) is 18.3 Å². The summed E-state index contributed by atoms with van der Waals surface area (Å²) in [6.45, 7) is 2.04. The van der Waals surface area contributed by atoms with Crippen LogP contribution in [0.1, 0.15) is 5.56 Å². The van der Waals surface area contributed by atoms with E-state index in [0.29, 0.717) is 5.82 Å². The number of carbonyl (C=O) groups excluding carboxylic acids is 1. The number of carbonyl (C=O) groups is 1. The molecule has 3 rings (SSSR count). The standard InChI is InChI=1S/C17H17N5O/c1-13-7-6-10-15(11-13)21(2)16(23)12-22-19-17(18-20-22)14-8-4-3-5-9-14/h3-11H,12H2,1-2H3. The van der Waals surface area contributed by atoms with Crippen LogP contribution in [0.25, 0.3) is 11.4 Å². The number of benzene rings is 2. The average molecular weight is 307 g/mol. The first kappa shape index (κ1) is 14.9.